The molecule has 0 aliphatic heterocycles. The van der Waals surface area contributed by atoms with Gasteiger partial charge in [-0.05, 0) is 24.5 Å². The maximum absolute atomic E-state index is 12.6. The van der Waals surface area contributed by atoms with E-state index in [0.717, 1.165) is 6.42 Å². The summed E-state index contributed by atoms with van der Waals surface area (Å²) in [6.07, 6.45) is 2.14. The Morgan fingerprint density at radius 1 is 1.27 bits per heavy atom. The van der Waals surface area contributed by atoms with Crippen molar-refractivity contribution in [2.45, 2.75) is 20.3 Å². The molecule has 0 radical (unpaired) electrons. The zero-order chi connectivity index (χ0) is 18.9. The molecule has 2 aromatic rings. The SMILES string of the molecule is COc1cccc(NC(=O)N(CCC(C)C)CC(=O)Nc2ccon2)c1. The lowest BCUT2D eigenvalue weighted by molar-refractivity contribution is -0.116. The topological polar surface area (TPSA) is 96.7 Å². The third-order valence-corrected chi connectivity index (χ3v) is 3.62. The lowest BCUT2D eigenvalue weighted by atomic mass is 10.1. The first-order valence-electron chi connectivity index (χ1n) is 8.38. The van der Waals surface area contributed by atoms with Crippen molar-refractivity contribution in [3.63, 3.8) is 0 Å². The molecule has 0 saturated carbocycles. The van der Waals surface area contributed by atoms with Crippen molar-refractivity contribution in [2.24, 2.45) is 5.92 Å². The molecule has 8 heteroatoms. The molecule has 1 aromatic carbocycles. The molecule has 1 aromatic heterocycles. The number of carbonyl (C=O) groups excluding carboxylic acids is 2. The highest BCUT2D eigenvalue weighted by molar-refractivity contribution is 5.96. The second-order valence-electron chi connectivity index (χ2n) is 6.20. The van der Waals surface area contributed by atoms with Gasteiger partial charge in [0, 0.05) is 24.4 Å². The van der Waals surface area contributed by atoms with E-state index in [1.165, 1.54) is 17.2 Å². The summed E-state index contributed by atoms with van der Waals surface area (Å²) in [6, 6.07) is 8.23. The Morgan fingerprint density at radius 3 is 2.73 bits per heavy atom. The monoisotopic (exact) mass is 360 g/mol. The third kappa shape index (κ3) is 6.12. The van der Waals surface area contributed by atoms with Crippen LogP contribution < -0.4 is 15.4 Å². The van der Waals surface area contributed by atoms with Crippen LogP contribution in [0.2, 0.25) is 0 Å². The molecule has 26 heavy (non-hydrogen) atoms. The number of hydrogen-bond acceptors (Lipinski definition) is 5. The van der Waals surface area contributed by atoms with Gasteiger partial charge in [-0.2, -0.15) is 0 Å². The number of nitrogens with one attached hydrogen (secondary N) is 2. The summed E-state index contributed by atoms with van der Waals surface area (Å²) in [6.45, 7) is 4.50. The minimum Gasteiger partial charge on any atom is -0.497 e. The molecule has 0 saturated heterocycles. The van der Waals surface area contributed by atoms with E-state index in [1.807, 2.05) is 0 Å². The van der Waals surface area contributed by atoms with Gasteiger partial charge >= 0.3 is 6.03 Å². The van der Waals surface area contributed by atoms with Gasteiger partial charge in [-0.1, -0.05) is 25.1 Å². The smallest absolute Gasteiger partial charge is 0.322 e. The average molecular weight is 360 g/mol. The number of benzene rings is 1. The minimum absolute atomic E-state index is 0.0879. The minimum atomic E-state index is -0.353. The molecular weight excluding hydrogens is 336 g/mol. The van der Waals surface area contributed by atoms with Gasteiger partial charge in [0.25, 0.3) is 0 Å². The van der Waals surface area contributed by atoms with Gasteiger partial charge in [-0.15, -0.1) is 0 Å². The zero-order valence-corrected chi connectivity index (χ0v) is 15.2. The number of ether oxygens (including phenoxy) is 1. The van der Waals surface area contributed by atoms with Crippen molar-refractivity contribution in [3.8, 4) is 5.75 Å². The van der Waals surface area contributed by atoms with E-state index in [0.29, 0.717) is 29.7 Å². The highest BCUT2D eigenvalue weighted by Crippen LogP contribution is 2.17. The molecule has 8 nitrogen and oxygen atoms in total. The molecule has 140 valence electrons. The molecule has 0 unspecified atom stereocenters. The van der Waals surface area contributed by atoms with Crippen molar-refractivity contribution < 1.29 is 18.8 Å². The van der Waals surface area contributed by atoms with Gasteiger partial charge < -0.3 is 24.8 Å². The molecular formula is C18H24N4O4. The standard InChI is InChI=1S/C18H24N4O4/c1-13(2)7-9-22(12-17(23)20-16-8-10-26-21-16)18(24)19-14-5-4-6-15(11-14)25-3/h4-6,8,10-11,13H,7,9,12H2,1-3H3,(H,19,24)(H,20,21,23). The number of nitrogens with zero attached hydrogens (tertiary/aromatic N) is 2. The van der Waals surface area contributed by atoms with Crippen LogP contribution in [-0.2, 0) is 4.79 Å². The molecule has 0 bridgehead atoms. The summed E-state index contributed by atoms with van der Waals surface area (Å²) in [5.41, 5.74) is 0.598. The fourth-order valence-electron chi connectivity index (χ4n) is 2.20. The van der Waals surface area contributed by atoms with E-state index in [2.05, 4.69) is 34.2 Å². The normalized spacial score (nSPS) is 10.5. The third-order valence-electron chi connectivity index (χ3n) is 3.62. The fraction of sp³-hybridized carbons (Fsp3) is 0.389. The van der Waals surface area contributed by atoms with E-state index in [1.54, 1.807) is 31.4 Å². The Labute approximate surface area is 152 Å². The lowest BCUT2D eigenvalue weighted by Crippen LogP contribution is -2.41. The molecule has 0 aliphatic rings. The number of methoxy groups -OCH3 is 1. The van der Waals surface area contributed by atoms with Gasteiger partial charge in [-0.3, -0.25) is 4.79 Å². The molecule has 0 atom stereocenters. The Hall–Kier alpha value is -3.03. The van der Waals surface area contributed by atoms with E-state index in [9.17, 15) is 9.59 Å². The summed E-state index contributed by atoms with van der Waals surface area (Å²) in [5, 5.41) is 9.02. The predicted octanol–water partition coefficient (Wildman–Crippen LogP) is 3.20. The van der Waals surface area contributed by atoms with E-state index in [4.69, 9.17) is 4.74 Å². The second-order valence-corrected chi connectivity index (χ2v) is 6.20. The highest BCUT2D eigenvalue weighted by Gasteiger charge is 2.18. The predicted molar refractivity (Wildman–Crippen MR) is 98.2 cm³/mol. The molecule has 0 fully saturated rings. The van der Waals surface area contributed by atoms with Crippen LogP contribution in [-0.4, -0.2) is 42.2 Å². The fourth-order valence-corrected chi connectivity index (χ4v) is 2.20. The molecule has 3 amide bonds. The van der Waals surface area contributed by atoms with Crippen LogP contribution in [0.5, 0.6) is 5.75 Å². The maximum Gasteiger partial charge on any atom is 0.322 e. The van der Waals surface area contributed by atoms with Crippen molar-refractivity contribution in [2.75, 3.05) is 30.8 Å². The summed E-state index contributed by atoms with van der Waals surface area (Å²) in [4.78, 5) is 26.3. The molecule has 2 rings (SSSR count). The van der Waals surface area contributed by atoms with Gasteiger partial charge in [0.2, 0.25) is 5.91 Å². The van der Waals surface area contributed by atoms with Crippen LogP contribution in [0.4, 0.5) is 16.3 Å². The first-order valence-corrected chi connectivity index (χ1v) is 8.38. The summed E-state index contributed by atoms with van der Waals surface area (Å²) < 4.78 is 9.83. The van der Waals surface area contributed by atoms with Gasteiger partial charge in [0.15, 0.2) is 5.82 Å². The van der Waals surface area contributed by atoms with Crippen LogP contribution >= 0.6 is 0 Å². The van der Waals surface area contributed by atoms with Crippen molar-refractivity contribution >= 4 is 23.4 Å². The second kappa shape index (κ2) is 9.45. The van der Waals surface area contributed by atoms with Crippen molar-refractivity contribution in [1.82, 2.24) is 10.1 Å². The van der Waals surface area contributed by atoms with Gasteiger partial charge in [0.1, 0.15) is 18.6 Å². The molecule has 2 N–H and O–H groups in total. The van der Waals surface area contributed by atoms with Crippen LogP contribution in [0.1, 0.15) is 20.3 Å². The van der Waals surface area contributed by atoms with E-state index >= 15 is 0 Å². The lowest BCUT2D eigenvalue weighted by Gasteiger charge is -2.23. The number of amides is 3. The van der Waals surface area contributed by atoms with Gasteiger partial charge in [-0.25, -0.2) is 4.79 Å². The number of hydrogen-bond donors (Lipinski definition) is 2. The largest absolute Gasteiger partial charge is 0.497 e. The summed E-state index contributed by atoms with van der Waals surface area (Å²) in [5.74, 6) is 1.01. The highest BCUT2D eigenvalue weighted by atomic mass is 16.5. The summed E-state index contributed by atoms with van der Waals surface area (Å²) >= 11 is 0. The Kier molecular flexibility index (Phi) is 7.02. The number of urea groups is 1. The first-order chi connectivity index (χ1) is 12.5. The Morgan fingerprint density at radius 2 is 2.08 bits per heavy atom. The Balaban J connectivity index is 2.01. The quantitative estimate of drug-likeness (QED) is 0.753. The Bertz CT molecular complexity index is 716. The molecule has 0 spiro atoms. The van der Waals surface area contributed by atoms with Crippen LogP contribution in [0, 0.1) is 5.92 Å². The average Bonchev–Trinajstić information content (AvgIpc) is 3.11. The maximum atomic E-state index is 12.6. The van der Waals surface area contributed by atoms with Crippen LogP contribution in [0.15, 0.2) is 41.1 Å². The molecule has 1 heterocycles. The van der Waals surface area contributed by atoms with Crippen molar-refractivity contribution in [1.29, 1.82) is 0 Å². The first kappa shape index (κ1) is 19.3. The van der Waals surface area contributed by atoms with Gasteiger partial charge in [0.05, 0.1) is 7.11 Å². The number of carbonyl (C=O) groups is 2. The van der Waals surface area contributed by atoms with E-state index in [-0.39, 0.29) is 18.5 Å². The summed E-state index contributed by atoms with van der Waals surface area (Å²) in [7, 11) is 1.56. The number of anilines is 2. The van der Waals surface area contributed by atoms with E-state index < -0.39 is 0 Å². The number of aromatic nitrogens is 1. The van der Waals surface area contributed by atoms with Crippen LogP contribution in [0.25, 0.3) is 0 Å². The van der Waals surface area contributed by atoms with Crippen molar-refractivity contribution in [3.05, 3.63) is 36.6 Å². The molecule has 0 aliphatic carbocycles. The zero-order valence-electron chi connectivity index (χ0n) is 15.2. The van der Waals surface area contributed by atoms with Crippen LogP contribution in [0.3, 0.4) is 0 Å². The number of rotatable bonds is 8.